The van der Waals surface area contributed by atoms with Gasteiger partial charge < -0.3 is 8.97 Å². The molecule has 0 amide bonds. The number of hydrogen-bond donors (Lipinski definition) is 0. The number of aromatic nitrogens is 4. The van der Waals surface area contributed by atoms with Crippen LogP contribution in [-0.2, 0) is 0 Å². The Labute approximate surface area is 313 Å². The van der Waals surface area contributed by atoms with Crippen molar-refractivity contribution in [2.24, 2.45) is 0 Å². The first-order valence-electron chi connectivity index (χ1n) is 19.0. The molecule has 8 aromatic carbocycles. The predicted octanol–water partition coefficient (Wildman–Crippen LogP) is 13.3. The molecule has 55 heavy (non-hydrogen) atoms. The molecule has 0 N–H and O–H groups in total. The largest absolute Gasteiger partial charge is 0.309 e. The molecule has 0 aliphatic rings. The Morgan fingerprint density at radius 2 is 0.982 bits per heavy atom. The van der Waals surface area contributed by atoms with E-state index >= 15 is 0 Å². The lowest BCUT2D eigenvalue weighted by molar-refractivity contribution is 1.18. The van der Waals surface area contributed by atoms with Gasteiger partial charge in [0.1, 0.15) is 5.65 Å². The van der Waals surface area contributed by atoms with Gasteiger partial charge in [0.25, 0.3) is 0 Å². The van der Waals surface area contributed by atoms with Gasteiger partial charge in [-0.3, -0.25) is 4.40 Å². The molecular formula is C51H28N4. The highest BCUT2D eigenvalue weighted by Crippen LogP contribution is 2.48. The molecule has 0 aliphatic heterocycles. The third kappa shape index (κ3) is 3.29. The number of para-hydroxylation sites is 5. The van der Waals surface area contributed by atoms with Crippen molar-refractivity contribution >= 4 is 109 Å². The van der Waals surface area contributed by atoms with E-state index in [1.54, 1.807) is 0 Å². The molecule has 0 radical (unpaired) electrons. The molecular weight excluding hydrogens is 669 g/mol. The number of nitrogens with zero attached hydrogens (tertiary/aromatic N) is 4. The molecule has 4 heteroatoms. The van der Waals surface area contributed by atoms with Gasteiger partial charge in [0.2, 0.25) is 0 Å². The lowest BCUT2D eigenvalue weighted by Gasteiger charge is -2.09. The molecule has 0 unspecified atom stereocenters. The second-order valence-electron chi connectivity index (χ2n) is 15.1. The van der Waals surface area contributed by atoms with Gasteiger partial charge in [-0.25, -0.2) is 4.98 Å². The highest BCUT2D eigenvalue weighted by atomic mass is 15.0. The smallest absolute Gasteiger partial charge is 0.146 e. The maximum absolute atomic E-state index is 5.43. The van der Waals surface area contributed by atoms with Crippen molar-refractivity contribution in [3.8, 4) is 16.8 Å². The highest BCUT2D eigenvalue weighted by molar-refractivity contribution is 6.36. The van der Waals surface area contributed by atoms with Crippen molar-refractivity contribution in [2.75, 3.05) is 0 Å². The second kappa shape index (κ2) is 9.75. The fourth-order valence-corrected chi connectivity index (χ4v) is 10.4. The first-order valence-corrected chi connectivity index (χ1v) is 19.0. The summed E-state index contributed by atoms with van der Waals surface area (Å²) in [5.41, 5.74) is 13.1. The van der Waals surface area contributed by atoms with E-state index in [2.05, 4.69) is 183 Å². The van der Waals surface area contributed by atoms with Gasteiger partial charge in [0, 0.05) is 70.5 Å². The lowest BCUT2D eigenvalue weighted by atomic mass is 9.99. The van der Waals surface area contributed by atoms with Crippen molar-refractivity contribution in [1.29, 1.82) is 0 Å². The zero-order valence-electron chi connectivity index (χ0n) is 29.5. The number of benzene rings is 8. The molecule has 14 aromatic rings. The first kappa shape index (κ1) is 28.1. The third-order valence-electron chi connectivity index (χ3n) is 12.5. The van der Waals surface area contributed by atoms with E-state index in [1.807, 2.05) is 0 Å². The van der Waals surface area contributed by atoms with Crippen LogP contribution in [0.15, 0.2) is 170 Å². The molecule has 14 rings (SSSR count). The normalized spacial score (nSPS) is 12.7. The maximum Gasteiger partial charge on any atom is 0.146 e. The number of pyridine rings is 1. The van der Waals surface area contributed by atoms with Crippen LogP contribution in [0.2, 0.25) is 0 Å². The summed E-state index contributed by atoms with van der Waals surface area (Å²) >= 11 is 0. The van der Waals surface area contributed by atoms with E-state index in [9.17, 15) is 0 Å². The average molecular weight is 697 g/mol. The third-order valence-corrected chi connectivity index (χ3v) is 12.5. The summed E-state index contributed by atoms with van der Waals surface area (Å²) < 4.78 is 7.34. The summed E-state index contributed by atoms with van der Waals surface area (Å²) in [7, 11) is 0. The van der Waals surface area contributed by atoms with E-state index in [0.29, 0.717) is 0 Å². The van der Waals surface area contributed by atoms with Gasteiger partial charge >= 0.3 is 0 Å². The fraction of sp³-hybridized carbons (Fsp3) is 0. The second-order valence-corrected chi connectivity index (χ2v) is 15.1. The van der Waals surface area contributed by atoms with Gasteiger partial charge in [-0.2, -0.15) is 0 Å². The number of fused-ring (bicyclic) bond motifs is 18. The molecule has 0 fully saturated rings. The summed E-state index contributed by atoms with van der Waals surface area (Å²) in [6.45, 7) is 0. The van der Waals surface area contributed by atoms with Crippen LogP contribution < -0.4 is 0 Å². The average Bonchev–Trinajstić information content (AvgIpc) is 4.04. The van der Waals surface area contributed by atoms with Crippen LogP contribution in [0.25, 0.3) is 126 Å². The van der Waals surface area contributed by atoms with Gasteiger partial charge in [-0.1, -0.05) is 133 Å². The molecule has 0 spiro atoms. The summed E-state index contributed by atoms with van der Waals surface area (Å²) in [6, 6.07) is 60.2. The molecule has 252 valence electrons. The zero-order valence-corrected chi connectivity index (χ0v) is 29.5. The van der Waals surface area contributed by atoms with Crippen molar-refractivity contribution in [3.63, 3.8) is 0 Å². The van der Waals surface area contributed by atoms with Gasteiger partial charge in [-0.15, -0.1) is 0 Å². The molecule has 0 aliphatic carbocycles. The van der Waals surface area contributed by atoms with Crippen molar-refractivity contribution < 1.29 is 0 Å². The van der Waals surface area contributed by atoms with E-state index in [-0.39, 0.29) is 0 Å². The van der Waals surface area contributed by atoms with Gasteiger partial charge in [0.15, 0.2) is 0 Å². The fourth-order valence-electron chi connectivity index (χ4n) is 10.4. The SMILES string of the molecule is c1ccc(-n2c3ccccc3c3cc(-c4cccc5c6cccc7c8c9c%10cccc%11c%12ccc%13ccccc%13c%12n(c9cnc8n(c45)c67)c%11%10)ccc32)cc1. The Hall–Kier alpha value is -7.43. The van der Waals surface area contributed by atoms with Gasteiger partial charge in [-0.05, 0) is 41.3 Å². The predicted molar refractivity (Wildman–Crippen MR) is 231 cm³/mol. The Morgan fingerprint density at radius 3 is 1.84 bits per heavy atom. The minimum absolute atomic E-state index is 1.01. The molecule has 0 atom stereocenters. The molecule has 4 nitrogen and oxygen atoms in total. The first-order chi connectivity index (χ1) is 27.3. The zero-order chi connectivity index (χ0) is 35.5. The van der Waals surface area contributed by atoms with E-state index in [1.165, 1.54) is 115 Å². The Kier molecular flexibility index (Phi) is 4.99. The van der Waals surface area contributed by atoms with Crippen LogP contribution in [0.3, 0.4) is 0 Å². The molecule has 0 saturated heterocycles. The molecule has 6 heterocycles. The monoisotopic (exact) mass is 696 g/mol. The topological polar surface area (TPSA) is 26.6 Å². The minimum atomic E-state index is 1.01. The standard InChI is InChI=1S/C51H28N4/c1-2-12-31(13-3-1)53-42-22-7-6-15-34(42)41-27-30(24-26-43(41)53)33-16-8-17-35-36-18-10-21-40-46-45-39-20-9-19-37-38-25-23-29-11-4-5-14-32(29)47(38)54(49(37)39)44(45)28-52-51(46)55(48(33)35)50(36)40/h1-28H. The van der Waals surface area contributed by atoms with Crippen LogP contribution in [0.4, 0.5) is 0 Å². The Balaban J connectivity index is 1.12. The van der Waals surface area contributed by atoms with Crippen LogP contribution >= 0.6 is 0 Å². The highest BCUT2D eigenvalue weighted by Gasteiger charge is 2.26. The Bertz CT molecular complexity index is 3940. The summed E-state index contributed by atoms with van der Waals surface area (Å²) in [5, 5.41) is 15.1. The van der Waals surface area contributed by atoms with Crippen LogP contribution in [-0.4, -0.2) is 18.4 Å². The quantitative estimate of drug-likeness (QED) is 0.177. The molecule has 0 saturated carbocycles. The van der Waals surface area contributed by atoms with Crippen LogP contribution in [0.1, 0.15) is 0 Å². The van der Waals surface area contributed by atoms with Gasteiger partial charge in [0.05, 0.1) is 44.8 Å². The maximum atomic E-state index is 5.43. The number of hydrogen-bond acceptors (Lipinski definition) is 1. The van der Waals surface area contributed by atoms with Crippen molar-refractivity contribution in [2.45, 2.75) is 0 Å². The van der Waals surface area contributed by atoms with E-state index in [0.717, 1.165) is 11.2 Å². The minimum Gasteiger partial charge on any atom is -0.309 e. The molecule has 0 bridgehead atoms. The van der Waals surface area contributed by atoms with Crippen molar-refractivity contribution in [3.05, 3.63) is 170 Å². The Morgan fingerprint density at radius 1 is 0.364 bits per heavy atom. The molecule has 6 aromatic heterocycles. The summed E-state index contributed by atoms with van der Waals surface area (Å²) in [5.74, 6) is 0. The lowest BCUT2D eigenvalue weighted by Crippen LogP contribution is -1.93. The van der Waals surface area contributed by atoms with Crippen molar-refractivity contribution in [1.82, 2.24) is 18.4 Å². The van der Waals surface area contributed by atoms with E-state index in [4.69, 9.17) is 4.98 Å². The summed E-state index contributed by atoms with van der Waals surface area (Å²) in [4.78, 5) is 5.43. The number of rotatable bonds is 2. The summed E-state index contributed by atoms with van der Waals surface area (Å²) in [6.07, 6.45) is 2.13. The van der Waals surface area contributed by atoms with Crippen LogP contribution in [0.5, 0.6) is 0 Å². The van der Waals surface area contributed by atoms with E-state index < -0.39 is 0 Å². The van der Waals surface area contributed by atoms with Crippen LogP contribution in [0, 0.1) is 0 Å².